The van der Waals surface area contributed by atoms with E-state index in [1.54, 1.807) is 23.5 Å². The standard InChI is InChI=1S/C45H27N3S2/c1-4-13-28(14-5-1)32-26-35(29-15-6-2-7-16-29)42-37(27-32)41-34(20-12-22-40(41)50-42)45-47-43(30-17-8-3-9-18-30)46-44(48-45)31-23-24-39-36(25-31)33-19-10-11-21-38(33)49-39/h1-27H/i1D,2D,4D,5D,6D,7D,13D,14D,15D,16D. The summed E-state index contributed by atoms with van der Waals surface area (Å²) in [5, 5.41) is 3.46. The molecule has 3 heterocycles. The van der Waals surface area contributed by atoms with Gasteiger partial charge in [0.25, 0.3) is 0 Å². The van der Waals surface area contributed by atoms with Crippen LogP contribution in [0, 0.1) is 0 Å². The molecule has 0 saturated carbocycles. The van der Waals surface area contributed by atoms with Crippen molar-refractivity contribution >= 4 is 63.0 Å². The summed E-state index contributed by atoms with van der Waals surface area (Å²) in [7, 11) is 0. The molecule has 0 aliphatic heterocycles. The van der Waals surface area contributed by atoms with Gasteiger partial charge in [-0.2, -0.15) is 0 Å². The zero-order chi connectivity index (χ0) is 41.7. The van der Waals surface area contributed by atoms with Crippen molar-refractivity contribution in [3.63, 3.8) is 0 Å². The topological polar surface area (TPSA) is 38.7 Å². The van der Waals surface area contributed by atoms with Gasteiger partial charge in [-0.15, -0.1) is 22.7 Å². The van der Waals surface area contributed by atoms with E-state index in [9.17, 15) is 0 Å². The fraction of sp³-hybridized carbons (Fsp3) is 0. The normalized spacial score (nSPS) is 14.4. The van der Waals surface area contributed by atoms with Crippen molar-refractivity contribution in [1.82, 2.24) is 15.0 Å². The summed E-state index contributed by atoms with van der Waals surface area (Å²) < 4.78 is 89.8. The lowest BCUT2D eigenvalue weighted by atomic mass is 9.95. The van der Waals surface area contributed by atoms with Crippen LogP contribution < -0.4 is 0 Å². The highest BCUT2D eigenvalue weighted by Gasteiger charge is 2.20. The summed E-state index contributed by atoms with van der Waals surface area (Å²) in [6.45, 7) is 0. The van der Waals surface area contributed by atoms with E-state index < -0.39 is 60.4 Å². The first-order valence-corrected chi connectivity index (χ1v) is 17.4. The average molecular weight is 684 g/mol. The third-order valence-corrected chi connectivity index (χ3v) is 11.1. The van der Waals surface area contributed by atoms with Gasteiger partial charge in [0.1, 0.15) is 0 Å². The molecule has 0 saturated heterocycles. The van der Waals surface area contributed by atoms with Crippen molar-refractivity contribution in [2.24, 2.45) is 0 Å². The monoisotopic (exact) mass is 683 g/mol. The van der Waals surface area contributed by atoms with E-state index in [0.717, 1.165) is 31.3 Å². The van der Waals surface area contributed by atoms with Gasteiger partial charge >= 0.3 is 0 Å². The van der Waals surface area contributed by atoms with Crippen molar-refractivity contribution in [3.05, 3.63) is 164 Å². The molecule has 10 aromatic rings. The van der Waals surface area contributed by atoms with Gasteiger partial charge in [-0.25, -0.2) is 15.0 Å². The minimum atomic E-state index is -0.546. The van der Waals surface area contributed by atoms with Gasteiger partial charge in [-0.05, 0) is 59.2 Å². The van der Waals surface area contributed by atoms with Crippen molar-refractivity contribution in [3.8, 4) is 56.4 Å². The van der Waals surface area contributed by atoms with Crippen LogP contribution in [0.3, 0.4) is 0 Å². The van der Waals surface area contributed by atoms with Gasteiger partial charge in [0.2, 0.25) is 0 Å². The molecule has 0 bridgehead atoms. The quantitative estimate of drug-likeness (QED) is 0.181. The van der Waals surface area contributed by atoms with Crippen LogP contribution in [0.15, 0.2) is 164 Å². The lowest BCUT2D eigenvalue weighted by Gasteiger charge is -2.11. The van der Waals surface area contributed by atoms with Gasteiger partial charge in [0, 0.05) is 62.6 Å². The molecule has 0 unspecified atom stereocenters. The van der Waals surface area contributed by atoms with E-state index in [1.807, 2.05) is 66.7 Å². The molecule has 0 N–H and O–H groups in total. The van der Waals surface area contributed by atoms with E-state index in [2.05, 4.69) is 24.3 Å². The van der Waals surface area contributed by atoms with E-state index in [1.165, 1.54) is 16.0 Å². The first-order chi connectivity index (χ1) is 28.9. The number of thiophene rings is 2. The molecule has 0 fully saturated rings. The maximum absolute atomic E-state index is 8.96. The Morgan fingerprint density at radius 3 is 1.88 bits per heavy atom. The van der Waals surface area contributed by atoms with E-state index in [-0.39, 0.29) is 22.3 Å². The van der Waals surface area contributed by atoms with Crippen LogP contribution in [0.2, 0.25) is 0 Å². The maximum Gasteiger partial charge on any atom is 0.164 e. The van der Waals surface area contributed by atoms with E-state index in [4.69, 9.17) is 28.7 Å². The number of benzene rings is 7. The van der Waals surface area contributed by atoms with Crippen LogP contribution in [0.25, 0.3) is 96.8 Å². The highest BCUT2D eigenvalue weighted by Crippen LogP contribution is 2.46. The van der Waals surface area contributed by atoms with Gasteiger partial charge in [0.05, 0.1) is 13.7 Å². The molecule has 7 aromatic carbocycles. The third-order valence-electron chi connectivity index (χ3n) is 8.70. The molecule has 10 rings (SSSR count). The largest absolute Gasteiger partial charge is 0.208 e. The first kappa shape index (κ1) is 20.5. The Labute approximate surface area is 310 Å². The minimum absolute atomic E-state index is 0.0709. The molecular formula is C45H27N3S2. The molecule has 0 aliphatic rings. The average Bonchev–Trinajstić information content (AvgIpc) is 3.85. The summed E-state index contributed by atoms with van der Waals surface area (Å²) in [6.07, 6.45) is 0. The number of rotatable bonds is 5. The number of hydrogen-bond donors (Lipinski definition) is 0. The zero-order valence-corrected chi connectivity index (χ0v) is 27.6. The summed E-state index contributed by atoms with van der Waals surface area (Å²) in [5.74, 6) is 1.26. The Morgan fingerprint density at radius 1 is 0.400 bits per heavy atom. The summed E-state index contributed by atoms with van der Waals surface area (Å²) in [6, 6.07) is 28.1. The minimum Gasteiger partial charge on any atom is -0.208 e. The molecule has 0 aliphatic carbocycles. The molecule has 0 amide bonds. The SMILES string of the molecule is [2H]c1c([2H])c([2H])c(-c2cc(-c3c([2H])c([2H])c([2H])c([2H])c3[2H])c3sc4cccc(-c5nc(-c6ccccc6)nc(-c6ccc7sc8ccccc8c7c6)n5)c4c3c2)c([2H])c1[2H]. The molecule has 0 spiro atoms. The second-order valence-electron chi connectivity index (χ2n) is 11.7. The number of aromatic nitrogens is 3. The predicted octanol–water partition coefficient (Wildman–Crippen LogP) is 12.9. The van der Waals surface area contributed by atoms with Crippen LogP contribution in [0.5, 0.6) is 0 Å². The zero-order valence-electron chi connectivity index (χ0n) is 36.0. The predicted molar refractivity (Wildman–Crippen MR) is 213 cm³/mol. The van der Waals surface area contributed by atoms with Crippen molar-refractivity contribution < 1.29 is 13.7 Å². The second-order valence-corrected chi connectivity index (χ2v) is 13.8. The Hall–Kier alpha value is -6.01. The Balaban J connectivity index is 1.30. The number of hydrogen-bond acceptors (Lipinski definition) is 5. The van der Waals surface area contributed by atoms with Crippen LogP contribution in [-0.4, -0.2) is 15.0 Å². The first-order valence-electron chi connectivity index (χ1n) is 20.8. The van der Waals surface area contributed by atoms with Crippen molar-refractivity contribution in [1.29, 1.82) is 0 Å². The van der Waals surface area contributed by atoms with Gasteiger partial charge in [-0.3, -0.25) is 0 Å². The van der Waals surface area contributed by atoms with Crippen LogP contribution in [0.4, 0.5) is 0 Å². The molecular weight excluding hydrogens is 647 g/mol. The van der Waals surface area contributed by atoms with Gasteiger partial charge < -0.3 is 0 Å². The molecule has 0 radical (unpaired) electrons. The molecule has 50 heavy (non-hydrogen) atoms. The smallest absolute Gasteiger partial charge is 0.164 e. The maximum atomic E-state index is 8.96. The van der Waals surface area contributed by atoms with E-state index >= 15 is 0 Å². The second kappa shape index (κ2) is 11.8. The van der Waals surface area contributed by atoms with Gasteiger partial charge in [-0.1, -0.05) is 121 Å². The molecule has 5 heteroatoms. The van der Waals surface area contributed by atoms with E-state index in [0.29, 0.717) is 38.5 Å². The molecule has 3 aromatic heterocycles. The summed E-state index contributed by atoms with van der Waals surface area (Å²) >= 11 is 3.06. The summed E-state index contributed by atoms with van der Waals surface area (Å²) in [4.78, 5) is 15.2. The fourth-order valence-electron chi connectivity index (χ4n) is 6.43. The Kier molecular flexibility index (Phi) is 4.85. The Bertz CT molecular complexity index is 3400. The number of nitrogens with zero attached hydrogens (tertiary/aromatic N) is 3. The highest BCUT2D eigenvalue weighted by atomic mass is 32.1. The summed E-state index contributed by atoms with van der Waals surface area (Å²) in [5.41, 5.74) is 2.51. The van der Waals surface area contributed by atoms with Crippen LogP contribution in [-0.2, 0) is 0 Å². The molecule has 234 valence electrons. The van der Waals surface area contributed by atoms with Crippen LogP contribution >= 0.6 is 22.7 Å². The van der Waals surface area contributed by atoms with Gasteiger partial charge in [0.15, 0.2) is 17.5 Å². The fourth-order valence-corrected chi connectivity index (χ4v) is 8.75. The third kappa shape index (κ3) is 4.90. The highest BCUT2D eigenvalue weighted by molar-refractivity contribution is 7.26. The number of fused-ring (bicyclic) bond motifs is 6. The lowest BCUT2D eigenvalue weighted by Crippen LogP contribution is -2.00. The van der Waals surface area contributed by atoms with Crippen LogP contribution in [0.1, 0.15) is 13.7 Å². The Morgan fingerprint density at radius 2 is 1.06 bits per heavy atom. The lowest BCUT2D eigenvalue weighted by molar-refractivity contribution is 1.08. The molecule has 0 atom stereocenters. The van der Waals surface area contributed by atoms with Crippen molar-refractivity contribution in [2.75, 3.05) is 0 Å². The molecule has 3 nitrogen and oxygen atoms in total. The van der Waals surface area contributed by atoms with Crippen molar-refractivity contribution in [2.45, 2.75) is 0 Å².